The molecule has 0 bridgehead atoms. The lowest BCUT2D eigenvalue weighted by molar-refractivity contribution is -0.118. The number of sulfonamides is 1. The van der Waals surface area contributed by atoms with Crippen LogP contribution in [0.5, 0.6) is 0 Å². The highest BCUT2D eigenvalue weighted by molar-refractivity contribution is 7.92. The van der Waals surface area contributed by atoms with Crippen LogP contribution in [0.4, 0.5) is 10.5 Å². The predicted octanol–water partition coefficient (Wildman–Crippen LogP) is 4.72. The second-order valence-electron chi connectivity index (χ2n) is 9.82. The van der Waals surface area contributed by atoms with Gasteiger partial charge in [-0.2, -0.15) is 4.72 Å². The van der Waals surface area contributed by atoms with Crippen molar-refractivity contribution in [2.24, 2.45) is 5.41 Å². The minimum absolute atomic E-state index is 0.295. The molecule has 1 unspecified atom stereocenters. The molecule has 8 nitrogen and oxygen atoms in total. The van der Waals surface area contributed by atoms with E-state index in [2.05, 4.69) is 4.72 Å². The Kier molecular flexibility index (Phi) is 7.02. The largest absolute Gasteiger partial charge is 0.465 e. The molecular formula is C24H28ClN3O5S2. The number of benzene rings is 1. The number of hydrogen-bond acceptors (Lipinski definition) is 5. The van der Waals surface area contributed by atoms with Gasteiger partial charge < -0.3 is 14.9 Å². The van der Waals surface area contributed by atoms with Gasteiger partial charge in [0.25, 0.3) is 0 Å². The summed E-state index contributed by atoms with van der Waals surface area (Å²) in [5, 5.41) is 10.7. The zero-order chi connectivity index (χ0) is 25.5. The van der Waals surface area contributed by atoms with E-state index in [4.69, 9.17) is 11.6 Å². The summed E-state index contributed by atoms with van der Waals surface area (Å²) in [7, 11) is -3.82. The Morgan fingerprint density at radius 1 is 1.23 bits per heavy atom. The molecule has 1 aromatic carbocycles. The summed E-state index contributed by atoms with van der Waals surface area (Å²) in [6.07, 6.45) is 1.41. The molecule has 2 aliphatic heterocycles. The molecule has 1 aromatic heterocycles. The standard InChI is InChI=1S/C24H28ClN3O5S2/c1-24(2,3)21-18-6-4-16(14-15(18)8-11-28(21)23(30)31)27-12-9-19(22(27)29)26-35(32,33)13-10-17-5-7-20(25)34-17/h4-7,10,13-14,19,21,26H,8-9,11-12H2,1-3H3,(H,30,31)/b13-10+/t19-,21?/m0/s1. The molecule has 2 aliphatic rings. The van der Waals surface area contributed by atoms with Crippen molar-refractivity contribution in [3.8, 4) is 0 Å². The average molecular weight is 538 g/mol. The lowest BCUT2D eigenvalue weighted by atomic mass is 9.77. The molecule has 1 fully saturated rings. The molecule has 3 heterocycles. The summed E-state index contributed by atoms with van der Waals surface area (Å²) in [5.41, 5.74) is 2.34. The van der Waals surface area contributed by atoms with Crippen LogP contribution in [0.25, 0.3) is 6.08 Å². The molecule has 2 amide bonds. The van der Waals surface area contributed by atoms with Gasteiger partial charge in [-0.15, -0.1) is 11.3 Å². The molecule has 2 N–H and O–H groups in total. The zero-order valence-corrected chi connectivity index (χ0v) is 22.1. The molecular weight excluding hydrogens is 510 g/mol. The van der Waals surface area contributed by atoms with E-state index in [9.17, 15) is 23.1 Å². The van der Waals surface area contributed by atoms with Crippen LogP contribution in [-0.2, 0) is 21.2 Å². The maximum atomic E-state index is 13.1. The third kappa shape index (κ3) is 5.55. The molecule has 2 aromatic rings. The Balaban J connectivity index is 1.51. The van der Waals surface area contributed by atoms with Crippen molar-refractivity contribution in [3.63, 3.8) is 0 Å². The molecule has 35 heavy (non-hydrogen) atoms. The number of rotatable bonds is 5. The monoisotopic (exact) mass is 537 g/mol. The SMILES string of the molecule is CC(C)(C)C1c2ccc(N3CC[C@H](NS(=O)(=O)/C=C/c4ccc(Cl)s4)C3=O)cc2CCN1C(=O)O. The van der Waals surface area contributed by atoms with Gasteiger partial charge in [0.15, 0.2) is 0 Å². The first-order valence-electron chi connectivity index (χ1n) is 11.3. The van der Waals surface area contributed by atoms with E-state index in [0.29, 0.717) is 40.8 Å². The molecule has 0 saturated carbocycles. The van der Waals surface area contributed by atoms with Crippen molar-refractivity contribution in [2.45, 2.75) is 45.7 Å². The third-order valence-corrected chi connectivity index (χ3v) is 8.55. The molecule has 0 aliphatic carbocycles. The van der Waals surface area contributed by atoms with Crippen LogP contribution in [-0.4, -0.2) is 49.6 Å². The van der Waals surface area contributed by atoms with Crippen LogP contribution in [0.15, 0.2) is 35.7 Å². The Bertz CT molecular complexity index is 1280. The number of nitrogens with one attached hydrogen (secondary N) is 1. The van der Waals surface area contributed by atoms with Gasteiger partial charge >= 0.3 is 6.09 Å². The van der Waals surface area contributed by atoms with Crippen LogP contribution in [0.3, 0.4) is 0 Å². The van der Waals surface area contributed by atoms with Crippen molar-refractivity contribution < 1.29 is 23.1 Å². The average Bonchev–Trinajstić information content (AvgIpc) is 3.35. The Morgan fingerprint density at radius 3 is 2.60 bits per heavy atom. The number of thiophene rings is 1. The second kappa shape index (κ2) is 9.57. The number of nitrogens with zero attached hydrogens (tertiary/aromatic N) is 2. The van der Waals surface area contributed by atoms with Crippen LogP contribution in [0.2, 0.25) is 4.34 Å². The van der Waals surface area contributed by atoms with Gasteiger partial charge in [0.05, 0.1) is 10.4 Å². The first kappa shape index (κ1) is 25.7. The van der Waals surface area contributed by atoms with Crippen LogP contribution >= 0.6 is 22.9 Å². The van der Waals surface area contributed by atoms with Crippen molar-refractivity contribution in [2.75, 3.05) is 18.0 Å². The van der Waals surface area contributed by atoms with Crippen molar-refractivity contribution in [1.29, 1.82) is 0 Å². The van der Waals surface area contributed by atoms with Gasteiger partial charge in [-0.05, 0) is 59.7 Å². The highest BCUT2D eigenvalue weighted by atomic mass is 35.5. The van der Waals surface area contributed by atoms with Crippen LogP contribution in [0.1, 0.15) is 49.2 Å². The second-order valence-corrected chi connectivity index (χ2v) is 13.2. The minimum Gasteiger partial charge on any atom is -0.465 e. The van der Waals surface area contributed by atoms with Crippen LogP contribution < -0.4 is 9.62 Å². The van der Waals surface area contributed by atoms with E-state index >= 15 is 0 Å². The fraction of sp³-hybridized carbons (Fsp3) is 0.417. The number of halogens is 1. The molecule has 11 heteroatoms. The lowest BCUT2D eigenvalue weighted by Crippen LogP contribution is -2.44. The van der Waals surface area contributed by atoms with Gasteiger partial charge in [-0.25, -0.2) is 13.2 Å². The lowest BCUT2D eigenvalue weighted by Gasteiger charge is -2.43. The van der Waals surface area contributed by atoms with E-state index < -0.39 is 22.2 Å². The number of carbonyl (C=O) groups is 2. The summed E-state index contributed by atoms with van der Waals surface area (Å²) < 4.78 is 28.1. The fourth-order valence-electron chi connectivity index (χ4n) is 4.78. The van der Waals surface area contributed by atoms with E-state index in [0.717, 1.165) is 16.5 Å². The van der Waals surface area contributed by atoms with E-state index in [1.54, 1.807) is 17.0 Å². The van der Waals surface area contributed by atoms with Gasteiger partial charge in [0, 0.05) is 29.1 Å². The summed E-state index contributed by atoms with van der Waals surface area (Å²) in [5.74, 6) is -0.309. The summed E-state index contributed by atoms with van der Waals surface area (Å²) >= 11 is 7.14. The quantitative estimate of drug-likeness (QED) is 0.574. The van der Waals surface area contributed by atoms with Crippen LogP contribution in [0, 0.1) is 5.41 Å². The van der Waals surface area contributed by atoms with E-state index in [1.807, 2.05) is 39.0 Å². The minimum atomic E-state index is -3.82. The highest BCUT2D eigenvalue weighted by Crippen LogP contribution is 2.43. The molecule has 0 radical (unpaired) electrons. The smallest absolute Gasteiger partial charge is 0.407 e. The summed E-state index contributed by atoms with van der Waals surface area (Å²) in [4.78, 5) is 28.7. The first-order valence-corrected chi connectivity index (χ1v) is 14.0. The van der Waals surface area contributed by atoms with E-state index in [-0.39, 0.29) is 17.4 Å². The normalized spacial score (nSPS) is 21.1. The predicted molar refractivity (Wildman–Crippen MR) is 138 cm³/mol. The van der Waals surface area contributed by atoms with Gasteiger partial charge in [-0.1, -0.05) is 38.4 Å². The number of carboxylic acid groups (broad SMARTS) is 1. The number of amides is 2. The maximum absolute atomic E-state index is 13.1. The van der Waals surface area contributed by atoms with Gasteiger partial charge in [0.1, 0.15) is 6.04 Å². The van der Waals surface area contributed by atoms with Crippen molar-refractivity contribution >= 4 is 56.7 Å². The Labute approximate surface area is 214 Å². The third-order valence-electron chi connectivity index (χ3n) is 6.25. The number of fused-ring (bicyclic) bond motifs is 1. The zero-order valence-electron chi connectivity index (χ0n) is 19.7. The molecule has 4 rings (SSSR count). The highest BCUT2D eigenvalue weighted by Gasteiger charge is 2.40. The molecule has 2 atom stereocenters. The molecule has 0 spiro atoms. The first-order chi connectivity index (χ1) is 16.4. The van der Waals surface area contributed by atoms with Crippen molar-refractivity contribution in [1.82, 2.24) is 9.62 Å². The topological polar surface area (TPSA) is 107 Å². The fourth-order valence-corrected chi connectivity index (χ4v) is 6.85. The van der Waals surface area contributed by atoms with Gasteiger partial charge in [0.2, 0.25) is 15.9 Å². The molecule has 1 saturated heterocycles. The van der Waals surface area contributed by atoms with Gasteiger partial charge in [-0.3, -0.25) is 4.79 Å². The number of anilines is 1. The summed E-state index contributed by atoms with van der Waals surface area (Å²) in [6.45, 7) is 6.81. The number of carbonyl (C=O) groups excluding carboxylic acids is 1. The summed E-state index contributed by atoms with van der Waals surface area (Å²) in [6, 6.07) is 7.91. The maximum Gasteiger partial charge on any atom is 0.407 e. The molecule has 188 valence electrons. The van der Waals surface area contributed by atoms with Crippen molar-refractivity contribution in [3.05, 3.63) is 56.1 Å². The Hall–Kier alpha value is -2.40. The van der Waals surface area contributed by atoms with E-state index in [1.165, 1.54) is 22.3 Å². The number of hydrogen-bond donors (Lipinski definition) is 2. The Morgan fingerprint density at radius 2 is 1.97 bits per heavy atom.